The van der Waals surface area contributed by atoms with Gasteiger partial charge in [0.05, 0.1) is 6.04 Å². The number of nitrogens with zero attached hydrogens (tertiary/aromatic N) is 3. The molecule has 7 heteroatoms. The van der Waals surface area contributed by atoms with Crippen LogP contribution >= 0.6 is 0 Å². The summed E-state index contributed by atoms with van der Waals surface area (Å²) in [7, 11) is 0. The van der Waals surface area contributed by atoms with E-state index in [-0.39, 0.29) is 17.7 Å². The van der Waals surface area contributed by atoms with E-state index in [9.17, 15) is 9.59 Å². The highest BCUT2D eigenvalue weighted by molar-refractivity contribution is 5.94. The van der Waals surface area contributed by atoms with Gasteiger partial charge in [0.25, 0.3) is 11.8 Å². The maximum atomic E-state index is 12.9. The van der Waals surface area contributed by atoms with Crippen LogP contribution in [-0.2, 0) is 0 Å². The van der Waals surface area contributed by atoms with Gasteiger partial charge in [-0.25, -0.2) is 0 Å². The Labute approximate surface area is 171 Å². The number of hydrogen-bond donors (Lipinski definition) is 2. The van der Waals surface area contributed by atoms with Crippen LogP contribution in [0.2, 0.25) is 0 Å². The van der Waals surface area contributed by atoms with Crippen molar-refractivity contribution >= 4 is 11.8 Å². The maximum Gasteiger partial charge on any atom is 0.274 e. The highest BCUT2D eigenvalue weighted by atomic mass is 16.2. The molecule has 29 heavy (non-hydrogen) atoms. The standard InChI is InChI=1S/C22H29N5O2/c28-21(18-7-2-1-3-8-18)24-14-17-6-5-12-26(16-17)22(29)20-10-13-27(25-20)19-9-4-11-23-15-19/h1-3,7-8,10,13,17,19,23H,4-6,9,11-12,14-16H2,(H,24,28). The second-order valence-corrected chi connectivity index (χ2v) is 8.02. The molecule has 2 saturated heterocycles. The molecule has 2 amide bonds. The SMILES string of the molecule is O=C(NCC1CCCN(C(=O)c2ccn(C3CCCNC3)n2)C1)c1ccccc1. The van der Waals surface area contributed by atoms with Gasteiger partial charge in [-0.05, 0) is 56.3 Å². The van der Waals surface area contributed by atoms with E-state index in [1.54, 1.807) is 0 Å². The molecule has 154 valence electrons. The Kier molecular flexibility index (Phi) is 6.24. The van der Waals surface area contributed by atoms with Gasteiger partial charge >= 0.3 is 0 Å². The quantitative estimate of drug-likeness (QED) is 0.813. The van der Waals surface area contributed by atoms with Crippen molar-refractivity contribution < 1.29 is 9.59 Å². The van der Waals surface area contributed by atoms with Crippen LogP contribution < -0.4 is 10.6 Å². The Morgan fingerprint density at radius 3 is 2.79 bits per heavy atom. The first kappa shape index (κ1) is 19.6. The zero-order valence-electron chi connectivity index (χ0n) is 16.7. The molecule has 0 radical (unpaired) electrons. The summed E-state index contributed by atoms with van der Waals surface area (Å²) in [6.45, 7) is 3.95. The van der Waals surface area contributed by atoms with Gasteiger partial charge in [-0.3, -0.25) is 14.3 Å². The maximum absolute atomic E-state index is 12.9. The van der Waals surface area contributed by atoms with Gasteiger partial charge in [0.1, 0.15) is 5.69 Å². The largest absolute Gasteiger partial charge is 0.352 e. The van der Waals surface area contributed by atoms with E-state index >= 15 is 0 Å². The Hall–Kier alpha value is -2.67. The van der Waals surface area contributed by atoms with Crippen molar-refractivity contribution in [1.29, 1.82) is 0 Å². The number of nitrogens with one attached hydrogen (secondary N) is 2. The minimum Gasteiger partial charge on any atom is -0.352 e. The molecule has 0 aliphatic carbocycles. The molecule has 2 aliphatic rings. The normalized spacial score (nSPS) is 22.3. The van der Waals surface area contributed by atoms with Crippen LogP contribution in [0.3, 0.4) is 0 Å². The van der Waals surface area contributed by atoms with Gasteiger partial charge in [0.15, 0.2) is 0 Å². The van der Waals surface area contributed by atoms with E-state index in [1.165, 1.54) is 0 Å². The lowest BCUT2D eigenvalue weighted by molar-refractivity contribution is 0.0663. The summed E-state index contributed by atoms with van der Waals surface area (Å²) in [6, 6.07) is 11.4. The van der Waals surface area contributed by atoms with E-state index in [2.05, 4.69) is 15.7 Å². The highest BCUT2D eigenvalue weighted by Gasteiger charge is 2.27. The number of benzene rings is 1. The van der Waals surface area contributed by atoms with E-state index < -0.39 is 0 Å². The molecular weight excluding hydrogens is 366 g/mol. The van der Waals surface area contributed by atoms with Crippen molar-refractivity contribution in [2.75, 3.05) is 32.7 Å². The summed E-state index contributed by atoms with van der Waals surface area (Å²) in [5, 5.41) is 11.0. The van der Waals surface area contributed by atoms with Gasteiger partial charge in [-0.15, -0.1) is 0 Å². The highest BCUT2D eigenvalue weighted by Crippen LogP contribution is 2.20. The first-order valence-corrected chi connectivity index (χ1v) is 10.6. The molecule has 2 unspecified atom stereocenters. The molecule has 0 bridgehead atoms. The molecule has 2 atom stereocenters. The molecule has 2 N–H and O–H groups in total. The average Bonchev–Trinajstić information content (AvgIpc) is 3.29. The Bertz CT molecular complexity index is 829. The molecule has 3 heterocycles. The molecule has 2 aromatic rings. The number of likely N-dealkylation sites (tertiary alicyclic amines) is 1. The predicted molar refractivity (Wildman–Crippen MR) is 111 cm³/mol. The summed E-state index contributed by atoms with van der Waals surface area (Å²) < 4.78 is 1.93. The fraction of sp³-hybridized carbons (Fsp3) is 0.500. The van der Waals surface area contributed by atoms with E-state index in [4.69, 9.17) is 0 Å². The van der Waals surface area contributed by atoms with Crippen LogP contribution in [0.5, 0.6) is 0 Å². The topological polar surface area (TPSA) is 79.3 Å². The van der Waals surface area contributed by atoms with Crippen LogP contribution in [-0.4, -0.2) is 59.2 Å². The van der Waals surface area contributed by atoms with Crippen LogP contribution in [0, 0.1) is 5.92 Å². The molecular formula is C22H29N5O2. The molecule has 2 aliphatic heterocycles. The Morgan fingerprint density at radius 1 is 1.14 bits per heavy atom. The van der Waals surface area contributed by atoms with Gasteiger partial charge in [0, 0.05) is 37.9 Å². The van der Waals surface area contributed by atoms with Crippen molar-refractivity contribution in [3.8, 4) is 0 Å². The first-order valence-electron chi connectivity index (χ1n) is 10.6. The van der Waals surface area contributed by atoms with Gasteiger partial charge in [-0.1, -0.05) is 18.2 Å². The number of carbonyl (C=O) groups is 2. The van der Waals surface area contributed by atoms with Gasteiger partial charge < -0.3 is 15.5 Å². The molecule has 0 saturated carbocycles. The monoisotopic (exact) mass is 395 g/mol. The number of piperidine rings is 2. The predicted octanol–water partition coefficient (Wildman–Crippen LogP) is 2.09. The zero-order chi connectivity index (χ0) is 20.1. The fourth-order valence-corrected chi connectivity index (χ4v) is 4.22. The lowest BCUT2D eigenvalue weighted by atomic mass is 9.97. The minimum absolute atomic E-state index is 0.00777. The number of rotatable bonds is 5. The van der Waals surface area contributed by atoms with Crippen LogP contribution in [0.4, 0.5) is 0 Å². The van der Waals surface area contributed by atoms with E-state index in [0.717, 1.165) is 45.3 Å². The Morgan fingerprint density at radius 2 is 2.00 bits per heavy atom. The van der Waals surface area contributed by atoms with Crippen molar-refractivity contribution in [2.24, 2.45) is 5.92 Å². The second-order valence-electron chi connectivity index (χ2n) is 8.02. The number of carbonyl (C=O) groups excluding carboxylic acids is 2. The van der Waals surface area contributed by atoms with Crippen molar-refractivity contribution in [1.82, 2.24) is 25.3 Å². The number of aromatic nitrogens is 2. The van der Waals surface area contributed by atoms with E-state index in [1.807, 2.05) is 52.2 Å². The van der Waals surface area contributed by atoms with Crippen molar-refractivity contribution in [2.45, 2.75) is 31.7 Å². The van der Waals surface area contributed by atoms with Gasteiger partial charge in [-0.2, -0.15) is 5.10 Å². The van der Waals surface area contributed by atoms with Crippen LogP contribution in [0.15, 0.2) is 42.6 Å². The van der Waals surface area contributed by atoms with Gasteiger partial charge in [0.2, 0.25) is 0 Å². The first-order chi connectivity index (χ1) is 14.2. The Balaban J connectivity index is 1.31. The van der Waals surface area contributed by atoms with Crippen molar-refractivity contribution in [3.05, 3.63) is 53.9 Å². The third kappa shape index (κ3) is 4.85. The molecule has 1 aromatic heterocycles. The summed E-state index contributed by atoms with van der Waals surface area (Å²) >= 11 is 0. The van der Waals surface area contributed by atoms with Crippen LogP contribution in [0.1, 0.15) is 52.6 Å². The van der Waals surface area contributed by atoms with E-state index in [0.29, 0.717) is 30.4 Å². The summed E-state index contributed by atoms with van der Waals surface area (Å²) in [5.41, 5.74) is 1.18. The number of amides is 2. The summed E-state index contributed by atoms with van der Waals surface area (Å²) in [4.78, 5) is 27.1. The zero-order valence-corrected chi connectivity index (χ0v) is 16.7. The lowest BCUT2D eigenvalue weighted by Crippen LogP contribution is -2.44. The summed E-state index contributed by atoms with van der Waals surface area (Å²) in [5.74, 6) is 0.200. The van der Waals surface area contributed by atoms with Crippen LogP contribution in [0.25, 0.3) is 0 Å². The molecule has 0 spiro atoms. The molecule has 1 aromatic carbocycles. The summed E-state index contributed by atoms with van der Waals surface area (Å²) in [6.07, 6.45) is 6.11. The molecule has 7 nitrogen and oxygen atoms in total. The fourth-order valence-electron chi connectivity index (χ4n) is 4.22. The van der Waals surface area contributed by atoms with Crippen molar-refractivity contribution in [3.63, 3.8) is 0 Å². The second kappa shape index (κ2) is 9.22. The minimum atomic E-state index is -0.0612. The third-order valence-electron chi connectivity index (χ3n) is 5.87. The average molecular weight is 396 g/mol. The third-order valence-corrected chi connectivity index (χ3v) is 5.87. The number of hydrogen-bond acceptors (Lipinski definition) is 4. The lowest BCUT2D eigenvalue weighted by Gasteiger charge is -2.32. The molecule has 4 rings (SSSR count). The molecule has 2 fully saturated rings. The smallest absolute Gasteiger partial charge is 0.274 e.